The third-order valence-electron chi connectivity index (χ3n) is 5.51. The normalized spacial score (nSPS) is 23.7. The van der Waals surface area contributed by atoms with Crippen LogP contribution in [0, 0.1) is 0 Å². The molecule has 5 nitrogen and oxygen atoms in total. The van der Waals surface area contributed by atoms with Gasteiger partial charge in [-0.25, -0.2) is 4.98 Å². The van der Waals surface area contributed by atoms with E-state index in [4.69, 9.17) is 10.7 Å². The number of thiazole rings is 1. The number of hydrogen-bond acceptors (Lipinski definition) is 5. The number of aromatic nitrogens is 3. The minimum absolute atomic E-state index is 0.452. The molecule has 2 aromatic carbocycles. The van der Waals surface area contributed by atoms with Gasteiger partial charge in [0.15, 0.2) is 0 Å². The number of H-pyrrole nitrogens is 1. The Balaban J connectivity index is 1.55. The van der Waals surface area contributed by atoms with E-state index in [-0.39, 0.29) is 0 Å². The van der Waals surface area contributed by atoms with Crippen molar-refractivity contribution in [2.24, 2.45) is 5.73 Å². The fourth-order valence-electron chi connectivity index (χ4n) is 4.26. The van der Waals surface area contributed by atoms with Gasteiger partial charge in [0.1, 0.15) is 10.7 Å². The fourth-order valence-corrected chi connectivity index (χ4v) is 5.32. The molecule has 0 saturated heterocycles. The number of aliphatic hydroxyl groups is 1. The molecule has 0 aliphatic heterocycles. The zero-order valence-electron chi connectivity index (χ0n) is 16.1. The lowest BCUT2D eigenvalue weighted by Gasteiger charge is -2.49. The lowest BCUT2D eigenvalue weighted by molar-refractivity contribution is -0.0738. The second kappa shape index (κ2) is 6.62. The molecule has 29 heavy (non-hydrogen) atoms. The van der Waals surface area contributed by atoms with Crippen molar-refractivity contribution in [3.8, 4) is 32.4 Å². The number of nitrogens with zero attached hydrogens (tertiary/aromatic N) is 2. The van der Waals surface area contributed by atoms with Crippen molar-refractivity contribution in [2.75, 3.05) is 0 Å². The van der Waals surface area contributed by atoms with Crippen LogP contribution in [0.15, 0.2) is 66.9 Å². The van der Waals surface area contributed by atoms with Crippen LogP contribution < -0.4 is 5.73 Å². The Kier molecular flexibility index (Phi) is 4.17. The molecule has 1 saturated carbocycles. The van der Waals surface area contributed by atoms with Crippen LogP contribution in [-0.4, -0.2) is 25.9 Å². The lowest BCUT2D eigenvalue weighted by Crippen LogP contribution is -2.58. The van der Waals surface area contributed by atoms with Crippen LogP contribution in [0.25, 0.3) is 32.4 Å². The van der Waals surface area contributed by atoms with E-state index in [1.807, 2.05) is 37.4 Å². The molecule has 2 aromatic heterocycles. The second-order valence-electron chi connectivity index (χ2n) is 8.11. The zero-order chi connectivity index (χ0) is 20.1. The Morgan fingerprint density at radius 3 is 2.34 bits per heavy atom. The molecule has 4 aromatic rings. The van der Waals surface area contributed by atoms with Gasteiger partial charge < -0.3 is 10.8 Å². The predicted molar refractivity (Wildman–Crippen MR) is 116 cm³/mol. The van der Waals surface area contributed by atoms with E-state index in [1.54, 1.807) is 11.3 Å². The van der Waals surface area contributed by atoms with Crippen LogP contribution in [0.2, 0.25) is 0 Å². The number of aromatic amines is 1. The van der Waals surface area contributed by atoms with E-state index in [0.717, 1.165) is 38.0 Å². The first-order valence-electron chi connectivity index (χ1n) is 9.62. The monoisotopic (exact) mass is 402 g/mol. The number of nitrogens with two attached hydrogens (primary N) is 1. The maximum atomic E-state index is 10.1. The molecule has 1 aliphatic rings. The van der Waals surface area contributed by atoms with E-state index in [9.17, 15) is 5.11 Å². The van der Waals surface area contributed by atoms with Gasteiger partial charge in [-0.05, 0) is 37.0 Å². The maximum absolute atomic E-state index is 10.1. The van der Waals surface area contributed by atoms with Crippen molar-refractivity contribution >= 4 is 11.3 Å². The van der Waals surface area contributed by atoms with Gasteiger partial charge in [0.25, 0.3) is 0 Å². The van der Waals surface area contributed by atoms with Crippen molar-refractivity contribution in [3.05, 3.63) is 72.4 Å². The molecule has 0 radical (unpaired) electrons. The van der Waals surface area contributed by atoms with Gasteiger partial charge in [-0.2, -0.15) is 5.10 Å². The summed E-state index contributed by atoms with van der Waals surface area (Å²) in [4.78, 5) is 6.03. The molecule has 1 fully saturated rings. The first-order valence-corrected chi connectivity index (χ1v) is 10.4. The number of benzene rings is 2. The van der Waals surface area contributed by atoms with Gasteiger partial charge in [0.2, 0.25) is 0 Å². The van der Waals surface area contributed by atoms with Crippen molar-refractivity contribution in [3.63, 3.8) is 0 Å². The Labute approximate surface area is 173 Å². The molecule has 6 heteroatoms. The van der Waals surface area contributed by atoms with Crippen molar-refractivity contribution in [1.82, 2.24) is 15.2 Å². The highest BCUT2D eigenvalue weighted by Crippen LogP contribution is 2.47. The minimum atomic E-state index is -0.665. The summed E-state index contributed by atoms with van der Waals surface area (Å²) in [6.45, 7) is 1.84. The van der Waals surface area contributed by atoms with E-state index in [2.05, 4.69) is 46.6 Å². The third-order valence-corrected chi connectivity index (χ3v) is 6.64. The third kappa shape index (κ3) is 3.29. The summed E-state index contributed by atoms with van der Waals surface area (Å²) >= 11 is 1.64. The van der Waals surface area contributed by atoms with E-state index in [0.29, 0.717) is 12.8 Å². The number of hydrogen-bond donors (Lipinski definition) is 3. The Bertz CT molecular complexity index is 1120. The minimum Gasteiger partial charge on any atom is -0.390 e. The van der Waals surface area contributed by atoms with Gasteiger partial charge in [-0.3, -0.25) is 5.10 Å². The summed E-state index contributed by atoms with van der Waals surface area (Å²) in [5.74, 6) is 0. The van der Waals surface area contributed by atoms with Crippen LogP contribution in [0.3, 0.4) is 0 Å². The van der Waals surface area contributed by atoms with Crippen LogP contribution in [0.4, 0.5) is 0 Å². The van der Waals surface area contributed by atoms with Gasteiger partial charge in [-0.15, -0.1) is 11.3 Å². The quantitative estimate of drug-likeness (QED) is 0.467. The molecule has 0 unspecified atom stereocenters. The average Bonchev–Trinajstić information content (AvgIpc) is 3.37. The summed E-state index contributed by atoms with van der Waals surface area (Å²) < 4.78 is 0. The Morgan fingerprint density at radius 2 is 1.72 bits per heavy atom. The molecule has 1 aliphatic carbocycles. The molecular formula is C23H22N4OS. The van der Waals surface area contributed by atoms with Gasteiger partial charge in [-0.1, -0.05) is 54.6 Å². The standard InChI is InChI=1S/C23H22N4OS/c1-22(28)13-23(24,14-22)17-9-7-15(8-10-17)19-20(16-5-3-2-4-6-16)29-21(26-19)18-11-12-25-27-18/h2-12,28H,13-14,24H2,1H3,(H,25,27)/t22-,23+. The Morgan fingerprint density at radius 1 is 1.00 bits per heavy atom. The first kappa shape index (κ1) is 18.2. The van der Waals surface area contributed by atoms with Gasteiger partial charge in [0.05, 0.1) is 16.2 Å². The topological polar surface area (TPSA) is 87.8 Å². The highest BCUT2D eigenvalue weighted by Gasteiger charge is 2.49. The molecule has 0 amide bonds. The zero-order valence-corrected chi connectivity index (χ0v) is 16.9. The van der Waals surface area contributed by atoms with E-state index in [1.165, 1.54) is 0 Å². The largest absolute Gasteiger partial charge is 0.390 e. The smallest absolute Gasteiger partial charge is 0.145 e. The molecule has 146 valence electrons. The SMILES string of the molecule is C[C@]1(O)C[C@](N)(c2ccc(-c3nc(-c4cc[nH]n4)sc3-c3ccccc3)cc2)C1. The van der Waals surface area contributed by atoms with Crippen molar-refractivity contribution in [2.45, 2.75) is 30.9 Å². The van der Waals surface area contributed by atoms with Crippen LogP contribution in [0.1, 0.15) is 25.3 Å². The molecule has 0 bridgehead atoms. The number of nitrogens with one attached hydrogen (secondary N) is 1. The fraction of sp³-hybridized carbons (Fsp3) is 0.217. The van der Waals surface area contributed by atoms with Crippen molar-refractivity contribution < 1.29 is 5.11 Å². The van der Waals surface area contributed by atoms with Crippen LogP contribution in [0.5, 0.6) is 0 Å². The highest BCUT2D eigenvalue weighted by molar-refractivity contribution is 7.18. The molecule has 4 N–H and O–H groups in total. The van der Waals surface area contributed by atoms with Gasteiger partial charge >= 0.3 is 0 Å². The maximum Gasteiger partial charge on any atom is 0.145 e. The summed E-state index contributed by atoms with van der Waals surface area (Å²) in [7, 11) is 0. The lowest BCUT2D eigenvalue weighted by atomic mass is 9.63. The van der Waals surface area contributed by atoms with Crippen LogP contribution >= 0.6 is 11.3 Å². The molecule has 2 heterocycles. The molecule has 0 atom stereocenters. The molecule has 0 spiro atoms. The Hall–Kier alpha value is -2.80. The summed E-state index contributed by atoms with van der Waals surface area (Å²) in [5.41, 5.74) is 10.4. The van der Waals surface area contributed by atoms with Gasteiger partial charge in [0, 0.05) is 17.3 Å². The predicted octanol–water partition coefficient (Wildman–Crippen LogP) is 4.57. The second-order valence-corrected chi connectivity index (χ2v) is 9.11. The highest BCUT2D eigenvalue weighted by atomic mass is 32.1. The van der Waals surface area contributed by atoms with E-state index >= 15 is 0 Å². The summed E-state index contributed by atoms with van der Waals surface area (Å²) in [6.07, 6.45) is 2.96. The summed E-state index contributed by atoms with van der Waals surface area (Å²) in [6, 6.07) is 20.5. The van der Waals surface area contributed by atoms with Crippen LogP contribution in [-0.2, 0) is 5.54 Å². The van der Waals surface area contributed by atoms with Crippen molar-refractivity contribution in [1.29, 1.82) is 0 Å². The average molecular weight is 403 g/mol. The first-order chi connectivity index (χ1) is 13.9. The summed E-state index contributed by atoms with van der Waals surface area (Å²) in [5, 5.41) is 18.1. The molecule has 5 rings (SSSR count). The van der Waals surface area contributed by atoms with E-state index < -0.39 is 11.1 Å². The molecular weight excluding hydrogens is 380 g/mol. The number of rotatable bonds is 4.